The number of carbonyl (C=O) groups excluding carboxylic acids is 1. The van der Waals surface area contributed by atoms with Crippen LogP contribution in [0, 0.1) is 23.7 Å². The quantitative estimate of drug-likeness (QED) is 0.613. The molecule has 4 aliphatic carbocycles. The van der Waals surface area contributed by atoms with Crippen molar-refractivity contribution in [2.75, 3.05) is 7.05 Å². The fraction of sp³-hybridized carbons (Fsp3) is 0.929. The minimum Gasteiger partial charge on any atom is -0.340 e. The van der Waals surface area contributed by atoms with Crippen molar-refractivity contribution >= 4 is 5.91 Å². The van der Waals surface area contributed by atoms with Crippen LogP contribution in [0.5, 0.6) is 0 Å². The summed E-state index contributed by atoms with van der Waals surface area (Å²) in [5.41, 5.74) is 0.310. The summed E-state index contributed by atoms with van der Waals surface area (Å²) in [4.78, 5) is 14.1. The molecule has 5 rings (SSSR count). The van der Waals surface area contributed by atoms with Crippen molar-refractivity contribution in [1.29, 1.82) is 0 Å². The molecule has 1 saturated heterocycles. The highest BCUT2D eigenvalue weighted by Gasteiger charge is 2.61. The first-order valence-electron chi connectivity index (χ1n) is 6.97. The molecular formula is C14H21NO. The molecule has 0 aromatic heterocycles. The van der Waals surface area contributed by atoms with Crippen molar-refractivity contribution in [2.45, 2.75) is 50.5 Å². The van der Waals surface area contributed by atoms with E-state index in [2.05, 4.69) is 11.9 Å². The fourth-order valence-electron chi connectivity index (χ4n) is 5.83. The summed E-state index contributed by atoms with van der Waals surface area (Å²) < 4.78 is 0. The predicted molar refractivity (Wildman–Crippen MR) is 61.8 cm³/mol. The summed E-state index contributed by atoms with van der Waals surface area (Å²) in [6, 6.07) is 0. The van der Waals surface area contributed by atoms with E-state index < -0.39 is 0 Å². The van der Waals surface area contributed by atoms with Gasteiger partial charge in [-0.1, -0.05) is 0 Å². The Hall–Kier alpha value is -0.530. The third-order valence-corrected chi connectivity index (χ3v) is 6.29. The third-order valence-electron chi connectivity index (χ3n) is 6.29. The second-order valence-electron chi connectivity index (χ2n) is 6.75. The molecule has 0 aromatic carbocycles. The van der Waals surface area contributed by atoms with Crippen molar-refractivity contribution in [3.8, 4) is 0 Å². The van der Waals surface area contributed by atoms with E-state index in [-0.39, 0.29) is 0 Å². The smallest absolute Gasteiger partial charge is 0.222 e. The second kappa shape index (κ2) is 2.83. The summed E-state index contributed by atoms with van der Waals surface area (Å²) in [5, 5.41) is 0. The van der Waals surface area contributed by atoms with Crippen LogP contribution in [0.4, 0.5) is 0 Å². The lowest BCUT2D eigenvalue weighted by Gasteiger charge is -2.62. The molecule has 4 saturated carbocycles. The van der Waals surface area contributed by atoms with Gasteiger partial charge in [0.2, 0.25) is 5.91 Å². The number of amides is 1. The fourth-order valence-corrected chi connectivity index (χ4v) is 5.83. The van der Waals surface area contributed by atoms with Crippen LogP contribution in [0.15, 0.2) is 0 Å². The topological polar surface area (TPSA) is 20.3 Å². The van der Waals surface area contributed by atoms with Gasteiger partial charge in [0.1, 0.15) is 0 Å². The Morgan fingerprint density at radius 1 is 1.06 bits per heavy atom. The molecule has 0 aromatic rings. The molecule has 5 aliphatic rings. The Morgan fingerprint density at radius 3 is 2.06 bits per heavy atom. The molecule has 88 valence electrons. The number of likely N-dealkylation sites (tertiary alicyclic amines) is 1. The minimum absolute atomic E-state index is 0.310. The van der Waals surface area contributed by atoms with Gasteiger partial charge in [0.05, 0.1) is 0 Å². The standard InChI is InChI=1S/C14H21NO/c1-15-13(16)2-3-14(15)11-5-9-4-10(7-11)8-12(14)6-9/h9-12H,2-8H2,1H3. The van der Waals surface area contributed by atoms with E-state index in [0.29, 0.717) is 11.4 Å². The van der Waals surface area contributed by atoms with Gasteiger partial charge in [0, 0.05) is 19.0 Å². The highest BCUT2D eigenvalue weighted by atomic mass is 16.2. The zero-order valence-corrected chi connectivity index (χ0v) is 10.1. The van der Waals surface area contributed by atoms with Crippen LogP contribution in [0.25, 0.3) is 0 Å². The minimum atomic E-state index is 0.310. The van der Waals surface area contributed by atoms with Gasteiger partial charge in [-0.25, -0.2) is 0 Å². The van der Waals surface area contributed by atoms with Crippen LogP contribution < -0.4 is 0 Å². The Morgan fingerprint density at radius 2 is 1.62 bits per heavy atom. The summed E-state index contributed by atoms with van der Waals surface area (Å²) in [6.45, 7) is 0. The summed E-state index contributed by atoms with van der Waals surface area (Å²) in [6.07, 6.45) is 9.17. The van der Waals surface area contributed by atoms with E-state index in [0.717, 1.165) is 36.5 Å². The van der Waals surface area contributed by atoms with Gasteiger partial charge in [-0.3, -0.25) is 4.79 Å². The Kier molecular flexibility index (Phi) is 1.68. The molecule has 0 N–H and O–H groups in total. The number of rotatable bonds is 0. The highest BCUT2D eigenvalue weighted by molar-refractivity contribution is 5.79. The number of nitrogens with zero attached hydrogens (tertiary/aromatic N) is 1. The Balaban J connectivity index is 1.76. The summed E-state index contributed by atoms with van der Waals surface area (Å²) in [5.74, 6) is 4.13. The molecule has 1 amide bonds. The lowest BCUT2D eigenvalue weighted by Crippen LogP contribution is -2.63. The monoisotopic (exact) mass is 219 g/mol. The van der Waals surface area contributed by atoms with Crippen LogP contribution in [0.2, 0.25) is 0 Å². The van der Waals surface area contributed by atoms with Gasteiger partial charge in [-0.15, -0.1) is 0 Å². The zero-order chi connectivity index (χ0) is 10.9. The third kappa shape index (κ3) is 0.930. The maximum atomic E-state index is 11.9. The maximum absolute atomic E-state index is 11.9. The van der Waals surface area contributed by atoms with Gasteiger partial charge < -0.3 is 4.90 Å². The van der Waals surface area contributed by atoms with E-state index in [1.165, 1.54) is 32.1 Å². The normalized spacial score (nSPS) is 54.3. The van der Waals surface area contributed by atoms with E-state index in [4.69, 9.17) is 0 Å². The first-order valence-corrected chi connectivity index (χ1v) is 6.97. The molecule has 0 atom stereocenters. The van der Waals surface area contributed by atoms with Crippen molar-refractivity contribution in [3.05, 3.63) is 0 Å². The van der Waals surface area contributed by atoms with E-state index >= 15 is 0 Å². The summed E-state index contributed by atoms with van der Waals surface area (Å²) in [7, 11) is 2.08. The molecule has 0 unspecified atom stereocenters. The molecule has 2 heteroatoms. The Bertz CT molecular complexity index is 321. The summed E-state index contributed by atoms with van der Waals surface area (Å²) >= 11 is 0. The van der Waals surface area contributed by atoms with Crippen LogP contribution in [-0.4, -0.2) is 23.4 Å². The van der Waals surface area contributed by atoms with E-state index in [1.54, 1.807) is 0 Å². The molecule has 1 heterocycles. The van der Waals surface area contributed by atoms with Gasteiger partial charge in [0.25, 0.3) is 0 Å². The van der Waals surface area contributed by atoms with Crippen molar-refractivity contribution < 1.29 is 4.79 Å². The average Bonchev–Trinajstić information content (AvgIpc) is 2.54. The number of hydrogen-bond donors (Lipinski definition) is 0. The van der Waals surface area contributed by atoms with Crippen molar-refractivity contribution in [2.24, 2.45) is 23.7 Å². The lowest BCUT2D eigenvalue weighted by molar-refractivity contribution is -0.146. The van der Waals surface area contributed by atoms with E-state index in [9.17, 15) is 4.79 Å². The van der Waals surface area contributed by atoms with Crippen molar-refractivity contribution in [1.82, 2.24) is 4.90 Å². The molecule has 1 aliphatic heterocycles. The molecule has 1 spiro atoms. The van der Waals surface area contributed by atoms with Crippen LogP contribution in [-0.2, 0) is 4.79 Å². The first kappa shape index (κ1) is 9.49. The largest absolute Gasteiger partial charge is 0.340 e. The van der Waals surface area contributed by atoms with Crippen LogP contribution in [0.3, 0.4) is 0 Å². The van der Waals surface area contributed by atoms with Crippen molar-refractivity contribution in [3.63, 3.8) is 0 Å². The van der Waals surface area contributed by atoms with Gasteiger partial charge in [-0.05, 0) is 62.2 Å². The first-order chi connectivity index (χ1) is 7.70. The molecule has 0 radical (unpaired) electrons. The molecule has 5 fully saturated rings. The molecule has 4 bridgehead atoms. The Labute approximate surface area is 97.4 Å². The number of hydrogen-bond acceptors (Lipinski definition) is 1. The lowest BCUT2D eigenvalue weighted by atomic mass is 9.48. The predicted octanol–water partition coefficient (Wildman–Crippen LogP) is 2.43. The molecule has 2 nitrogen and oxygen atoms in total. The average molecular weight is 219 g/mol. The molecular weight excluding hydrogens is 198 g/mol. The maximum Gasteiger partial charge on any atom is 0.222 e. The van der Waals surface area contributed by atoms with Gasteiger partial charge in [-0.2, -0.15) is 0 Å². The second-order valence-corrected chi connectivity index (χ2v) is 6.75. The van der Waals surface area contributed by atoms with E-state index in [1.807, 2.05) is 0 Å². The van der Waals surface area contributed by atoms with Crippen LogP contribution >= 0.6 is 0 Å². The van der Waals surface area contributed by atoms with Crippen LogP contribution in [0.1, 0.15) is 44.9 Å². The SMILES string of the molecule is CN1C(=O)CCC12C1CC3CC(C1)CC2C3. The molecule has 16 heavy (non-hydrogen) atoms. The highest BCUT2D eigenvalue weighted by Crippen LogP contribution is 2.62. The zero-order valence-electron chi connectivity index (χ0n) is 10.1. The van der Waals surface area contributed by atoms with Gasteiger partial charge in [0.15, 0.2) is 0 Å². The number of carbonyl (C=O) groups is 1. The van der Waals surface area contributed by atoms with Gasteiger partial charge >= 0.3 is 0 Å².